The Bertz CT molecular complexity index is 425. The molecule has 2 N–H and O–H groups in total. The van der Waals surface area contributed by atoms with Crippen molar-refractivity contribution in [1.29, 1.82) is 0 Å². The molecule has 0 aliphatic heterocycles. The lowest BCUT2D eigenvalue weighted by atomic mass is 9.89. The zero-order valence-corrected chi connectivity index (χ0v) is 18.0. The molecule has 1 amide bonds. The van der Waals surface area contributed by atoms with Gasteiger partial charge >= 0.3 is 6.18 Å². The minimum atomic E-state index is -4.10. The Morgan fingerprint density at radius 1 is 1.12 bits per heavy atom. The van der Waals surface area contributed by atoms with Crippen LogP contribution in [0.3, 0.4) is 0 Å². The Morgan fingerprint density at radius 3 is 2.35 bits per heavy atom. The second-order valence-corrected chi connectivity index (χ2v) is 6.84. The summed E-state index contributed by atoms with van der Waals surface area (Å²) in [4.78, 5) is 17.4. The molecule has 0 heterocycles. The van der Waals surface area contributed by atoms with Gasteiger partial charge in [-0.25, -0.2) is 4.99 Å². The Morgan fingerprint density at radius 2 is 1.77 bits per heavy atom. The van der Waals surface area contributed by atoms with E-state index >= 15 is 0 Å². The topological polar surface area (TPSA) is 56.7 Å². The van der Waals surface area contributed by atoms with Crippen molar-refractivity contribution in [2.45, 2.75) is 57.5 Å². The normalized spacial score (nSPS) is 16.0. The summed E-state index contributed by atoms with van der Waals surface area (Å²) >= 11 is 0. The first-order valence-corrected chi connectivity index (χ1v) is 9.07. The quantitative estimate of drug-likeness (QED) is 0.236. The van der Waals surface area contributed by atoms with Gasteiger partial charge in [-0.1, -0.05) is 19.3 Å². The largest absolute Gasteiger partial charge is 0.389 e. The Hall–Kier alpha value is -0.740. The van der Waals surface area contributed by atoms with Gasteiger partial charge in [0.1, 0.15) is 6.54 Å². The maximum atomic E-state index is 12.2. The van der Waals surface area contributed by atoms with Crippen LogP contribution < -0.4 is 10.6 Å². The van der Waals surface area contributed by atoms with Crippen LogP contribution in [0.4, 0.5) is 13.2 Å². The number of likely N-dealkylation sites (N-methyl/N-ethyl adjacent to an activating group) is 1. The summed E-state index contributed by atoms with van der Waals surface area (Å²) in [6, 6.07) is 0. The number of nitrogens with zero attached hydrogens (tertiary/aromatic N) is 2. The highest BCUT2D eigenvalue weighted by molar-refractivity contribution is 14.0. The number of hydrogen-bond acceptors (Lipinski definition) is 2. The number of hydrogen-bond donors (Lipinski definition) is 2. The fourth-order valence-electron chi connectivity index (χ4n) is 2.75. The number of alkyl halides is 3. The summed E-state index contributed by atoms with van der Waals surface area (Å²) in [5.41, 5.74) is 0. The van der Waals surface area contributed by atoms with Crippen LogP contribution in [-0.2, 0) is 4.79 Å². The molecule has 0 radical (unpaired) electrons. The summed E-state index contributed by atoms with van der Waals surface area (Å²) < 4.78 is 36.5. The van der Waals surface area contributed by atoms with Gasteiger partial charge in [0.05, 0.1) is 0 Å². The van der Waals surface area contributed by atoms with E-state index in [1.807, 2.05) is 0 Å². The molecule has 0 spiro atoms. The number of guanidine groups is 1. The number of unbranched alkanes of at least 4 members (excludes halogenated alkanes) is 1. The summed E-state index contributed by atoms with van der Waals surface area (Å²) in [6.45, 7) is 1.21. The lowest BCUT2D eigenvalue weighted by Gasteiger charge is -2.23. The van der Waals surface area contributed by atoms with Crippen molar-refractivity contribution in [1.82, 2.24) is 15.5 Å². The van der Waals surface area contributed by atoms with Crippen LogP contribution in [0, 0.1) is 5.92 Å². The zero-order valence-electron chi connectivity index (χ0n) is 15.7. The monoisotopic (exact) mass is 492 g/mol. The van der Waals surface area contributed by atoms with Crippen LogP contribution in [0.5, 0.6) is 0 Å². The Balaban J connectivity index is 0.00000625. The van der Waals surface area contributed by atoms with Crippen molar-refractivity contribution in [3.63, 3.8) is 0 Å². The highest BCUT2D eigenvalue weighted by atomic mass is 127. The SMILES string of the molecule is CN(C)C(=O)CN=C(NCCCCC(F)(F)F)NCC1CCCCC1.I. The van der Waals surface area contributed by atoms with Gasteiger partial charge < -0.3 is 15.5 Å². The molecule has 5 nitrogen and oxygen atoms in total. The summed E-state index contributed by atoms with van der Waals surface area (Å²) in [6.07, 6.45) is 1.75. The molecule has 0 atom stereocenters. The highest BCUT2D eigenvalue weighted by Gasteiger charge is 2.25. The molecule has 0 aromatic heterocycles. The van der Waals surface area contributed by atoms with Crippen LogP contribution in [0.1, 0.15) is 51.4 Å². The second kappa shape index (κ2) is 13.4. The summed E-state index contributed by atoms with van der Waals surface area (Å²) in [5, 5.41) is 6.28. The van der Waals surface area contributed by atoms with E-state index in [1.54, 1.807) is 14.1 Å². The average Bonchev–Trinajstić information content (AvgIpc) is 2.55. The highest BCUT2D eigenvalue weighted by Crippen LogP contribution is 2.23. The predicted molar refractivity (Wildman–Crippen MR) is 109 cm³/mol. The third kappa shape index (κ3) is 12.6. The van der Waals surface area contributed by atoms with Crippen LogP contribution in [-0.4, -0.2) is 56.7 Å². The molecular formula is C17H32F3IN4O. The number of aliphatic imine (C=N–C) groups is 1. The second-order valence-electron chi connectivity index (χ2n) is 6.84. The zero-order chi connectivity index (χ0) is 18.7. The molecule has 1 rings (SSSR count). The molecule has 0 unspecified atom stereocenters. The van der Waals surface area contributed by atoms with Gasteiger partial charge in [-0.2, -0.15) is 13.2 Å². The van der Waals surface area contributed by atoms with Crippen molar-refractivity contribution in [3.8, 4) is 0 Å². The maximum Gasteiger partial charge on any atom is 0.389 e. The molecule has 1 aliphatic rings. The van der Waals surface area contributed by atoms with Crippen LogP contribution >= 0.6 is 24.0 Å². The fraction of sp³-hybridized carbons (Fsp3) is 0.882. The third-order valence-corrected chi connectivity index (χ3v) is 4.33. The van der Waals surface area contributed by atoms with Crippen LogP contribution in [0.25, 0.3) is 0 Å². The maximum absolute atomic E-state index is 12.2. The van der Waals surface area contributed by atoms with Crippen molar-refractivity contribution < 1.29 is 18.0 Å². The Kier molecular flexibility index (Phi) is 13.0. The van der Waals surface area contributed by atoms with E-state index in [1.165, 1.54) is 37.0 Å². The lowest BCUT2D eigenvalue weighted by Crippen LogP contribution is -2.41. The van der Waals surface area contributed by atoms with Gasteiger partial charge in [0.2, 0.25) is 5.91 Å². The van der Waals surface area contributed by atoms with E-state index < -0.39 is 12.6 Å². The van der Waals surface area contributed by atoms with Crippen molar-refractivity contribution >= 4 is 35.8 Å². The van der Waals surface area contributed by atoms with E-state index in [0.717, 1.165) is 6.54 Å². The summed E-state index contributed by atoms with van der Waals surface area (Å²) in [5.74, 6) is 0.985. The molecule has 0 aromatic rings. The number of carbonyl (C=O) groups is 1. The molecule has 1 fully saturated rings. The number of nitrogens with one attached hydrogen (secondary N) is 2. The minimum absolute atomic E-state index is 0. The average molecular weight is 492 g/mol. The number of halogens is 4. The number of rotatable bonds is 8. The van der Waals surface area contributed by atoms with E-state index in [-0.39, 0.29) is 42.8 Å². The van der Waals surface area contributed by atoms with E-state index in [4.69, 9.17) is 0 Å². The predicted octanol–water partition coefficient (Wildman–Crippen LogP) is 3.54. The molecule has 1 aliphatic carbocycles. The van der Waals surface area contributed by atoms with Crippen molar-refractivity contribution in [2.24, 2.45) is 10.9 Å². The van der Waals surface area contributed by atoms with Crippen LogP contribution in [0.15, 0.2) is 4.99 Å². The van der Waals surface area contributed by atoms with E-state index in [9.17, 15) is 18.0 Å². The van der Waals surface area contributed by atoms with Crippen molar-refractivity contribution in [3.05, 3.63) is 0 Å². The van der Waals surface area contributed by atoms with E-state index in [0.29, 0.717) is 24.8 Å². The first-order valence-electron chi connectivity index (χ1n) is 9.07. The Labute approximate surface area is 171 Å². The van der Waals surface area contributed by atoms with Gasteiger partial charge in [-0.3, -0.25) is 4.79 Å². The molecule has 9 heteroatoms. The molecule has 26 heavy (non-hydrogen) atoms. The first-order chi connectivity index (χ1) is 11.8. The molecule has 0 saturated heterocycles. The van der Waals surface area contributed by atoms with Crippen LogP contribution in [0.2, 0.25) is 0 Å². The molecule has 0 bridgehead atoms. The standard InChI is InChI=1S/C17H31F3N4O.HI/c1-24(2)15(25)13-23-16(21-11-7-6-10-17(18,19)20)22-12-14-8-4-3-5-9-14;/h14H,3-13H2,1-2H3,(H2,21,22,23);1H. The fourth-order valence-corrected chi connectivity index (χ4v) is 2.75. The van der Waals surface area contributed by atoms with Gasteiger partial charge in [-0.15, -0.1) is 24.0 Å². The molecule has 0 aromatic carbocycles. The molecular weight excluding hydrogens is 460 g/mol. The first kappa shape index (κ1) is 25.3. The summed E-state index contributed by atoms with van der Waals surface area (Å²) in [7, 11) is 3.33. The van der Waals surface area contributed by atoms with Crippen molar-refractivity contribution in [2.75, 3.05) is 33.7 Å². The lowest BCUT2D eigenvalue weighted by molar-refractivity contribution is -0.135. The van der Waals surface area contributed by atoms with Gasteiger partial charge in [0.15, 0.2) is 5.96 Å². The smallest absolute Gasteiger partial charge is 0.356 e. The van der Waals surface area contributed by atoms with Gasteiger partial charge in [0.25, 0.3) is 0 Å². The number of amides is 1. The molecule has 154 valence electrons. The van der Waals surface area contributed by atoms with Gasteiger partial charge in [0, 0.05) is 33.6 Å². The third-order valence-electron chi connectivity index (χ3n) is 4.33. The number of carbonyl (C=O) groups excluding carboxylic acids is 1. The van der Waals surface area contributed by atoms with E-state index in [2.05, 4.69) is 15.6 Å². The molecule has 1 saturated carbocycles. The minimum Gasteiger partial charge on any atom is -0.356 e. The van der Waals surface area contributed by atoms with Gasteiger partial charge in [-0.05, 0) is 31.6 Å².